The summed E-state index contributed by atoms with van der Waals surface area (Å²) >= 11 is 1.17. The summed E-state index contributed by atoms with van der Waals surface area (Å²) < 4.78 is 4.96. The summed E-state index contributed by atoms with van der Waals surface area (Å²) in [7, 11) is 1.55. The lowest BCUT2D eigenvalue weighted by Gasteiger charge is -2.07. The topological polar surface area (TPSA) is 93.2 Å². The van der Waals surface area contributed by atoms with E-state index in [-0.39, 0.29) is 16.8 Å². The van der Waals surface area contributed by atoms with Crippen LogP contribution in [0.15, 0.2) is 54.6 Å². The second kappa shape index (κ2) is 9.02. The SMILES string of the molecule is COCc1nnc(C(=O)Nc2ccc(C(=O)NCc3ccccc3)cc2)s1. The normalized spacial score (nSPS) is 10.4. The maximum atomic E-state index is 12.2. The molecule has 8 heteroatoms. The third kappa shape index (κ3) is 5.19. The van der Waals surface area contributed by atoms with E-state index in [0.717, 1.165) is 5.56 Å². The molecule has 0 fully saturated rings. The Morgan fingerprint density at radius 1 is 1.00 bits per heavy atom. The van der Waals surface area contributed by atoms with Crippen LogP contribution < -0.4 is 10.6 Å². The number of carbonyl (C=O) groups is 2. The number of methoxy groups -OCH3 is 1. The molecule has 0 unspecified atom stereocenters. The second-order valence-corrected chi connectivity index (χ2v) is 6.70. The van der Waals surface area contributed by atoms with E-state index in [1.165, 1.54) is 11.3 Å². The molecule has 1 aromatic heterocycles. The summed E-state index contributed by atoms with van der Waals surface area (Å²) in [6.45, 7) is 0.775. The summed E-state index contributed by atoms with van der Waals surface area (Å²) in [5.74, 6) is -0.527. The number of amides is 2. The van der Waals surface area contributed by atoms with Crippen LogP contribution in [0.2, 0.25) is 0 Å². The van der Waals surface area contributed by atoms with E-state index in [2.05, 4.69) is 20.8 Å². The number of ether oxygens (including phenoxy) is 1. The Bertz CT molecular complexity index is 910. The van der Waals surface area contributed by atoms with Gasteiger partial charge in [-0.3, -0.25) is 9.59 Å². The standard InChI is InChI=1S/C19H18N4O3S/c1-26-12-16-22-23-19(27-16)18(25)21-15-9-7-14(8-10-15)17(24)20-11-13-5-3-2-4-6-13/h2-10H,11-12H2,1H3,(H,20,24)(H,21,25). The van der Waals surface area contributed by atoms with E-state index < -0.39 is 0 Å². The fourth-order valence-electron chi connectivity index (χ4n) is 2.30. The van der Waals surface area contributed by atoms with Crippen molar-refractivity contribution in [2.24, 2.45) is 0 Å². The number of nitrogens with zero attached hydrogens (tertiary/aromatic N) is 2. The van der Waals surface area contributed by atoms with Gasteiger partial charge in [0.25, 0.3) is 11.8 Å². The van der Waals surface area contributed by atoms with Crippen LogP contribution in [0.25, 0.3) is 0 Å². The predicted octanol–water partition coefficient (Wildman–Crippen LogP) is 2.87. The Morgan fingerprint density at radius 3 is 2.44 bits per heavy atom. The molecule has 0 bridgehead atoms. The average molecular weight is 382 g/mol. The minimum atomic E-state index is -0.351. The monoisotopic (exact) mass is 382 g/mol. The Hall–Kier alpha value is -3.10. The van der Waals surface area contributed by atoms with Gasteiger partial charge in [0, 0.05) is 24.9 Å². The molecule has 2 aromatic carbocycles. The molecule has 0 aliphatic heterocycles. The number of aromatic nitrogens is 2. The highest BCUT2D eigenvalue weighted by Gasteiger charge is 2.13. The van der Waals surface area contributed by atoms with Gasteiger partial charge in [-0.1, -0.05) is 41.7 Å². The van der Waals surface area contributed by atoms with Crippen molar-refractivity contribution < 1.29 is 14.3 Å². The smallest absolute Gasteiger partial charge is 0.286 e. The highest BCUT2D eigenvalue weighted by molar-refractivity contribution is 7.13. The van der Waals surface area contributed by atoms with Crippen molar-refractivity contribution in [3.63, 3.8) is 0 Å². The summed E-state index contributed by atoms with van der Waals surface area (Å²) in [4.78, 5) is 24.4. The van der Waals surface area contributed by atoms with Gasteiger partial charge < -0.3 is 15.4 Å². The number of carbonyl (C=O) groups excluding carboxylic acids is 2. The van der Waals surface area contributed by atoms with E-state index >= 15 is 0 Å². The Labute approximate surface area is 160 Å². The number of hydrogen-bond acceptors (Lipinski definition) is 6. The molecule has 2 amide bonds. The van der Waals surface area contributed by atoms with Crippen LogP contribution in [0, 0.1) is 0 Å². The lowest BCUT2D eigenvalue weighted by atomic mass is 10.1. The zero-order valence-electron chi connectivity index (χ0n) is 14.6. The van der Waals surface area contributed by atoms with E-state index in [1.54, 1.807) is 31.4 Å². The fraction of sp³-hybridized carbons (Fsp3) is 0.158. The summed E-state index contributed by atoms with van der Waals surface area (Å²) in [5.41, 5.74) is 2.12. The first-order valence-corrected chi connectivity index (χ1v) is 9.02. The third-order valence-corrected chi connectivity index (χ3v) is 4.53. The number of anilines is 1. The molecular weight excluding hydrogens is 364 g/mol. The van der Waals surface area contributed by atoms with Crippen LogP contribution in [0.1, 0.15) is 30.7 Å². The van der Waals surface area contributed by atoms with Crippen LogP contribution in [0.5, 0.6) is 0 Å². The van der Waals surface area contributed by atoms with Crippen LogP contribution in [-0.2, 0) is 17.9 Å². The third-order valence-electron chi connectivity index (χ3n) is 3.63. The number of nitrogens with one attached hydrogen (secondary N) is 2. The molecule has 3 aromatic rings. The lowest BCUT2D eigenvalue weighted by molar-refractivity contribution is 0.0950. The molecule has 7 nitrogen and oxygen atoms in total. The molecule has 0 atom stereocenters. The number of hydrogen-bond donors (Lipinski definition) is 2. The lowest BCUT2D eigenvalue weighted by Crippen LogP contribution is -2.22. The zero-order valence-corrected chi connectivity index (χ0v) is 15.5. The Kier molecular flexibility index (Phi) is 6.24. The molecule has 138 valence electrons. The van der Waals surface area contributed by atoms with E-state index in [1.807, 2.05) is 30.3 Å². The van der Waals surface area contributed by atoms with E-state index in [9.17, 15) is 9.59 Å². The maximum absolute atomic E-state index is 12.2. The summed E-state index contributed by atoms with van der Waals surface area (Å²) in [5, 5.41) is 14.2. The van der Waals surface area contributed by atoms with Crippen molar-refractivity contribution >= 4 is 28.8 Å². The van der Waals surface area contributed by atoms with Gasteiger partial charge in [-0.25, -0.2) is 0 Å². The van der Waals surface area contributed by atoms with Crippen molar-refractivity contribution in [3.05, 3.63) is 75.7 Å². The average Bonchev–Trinajstić information content (AvgIpc) is 3.17. The van der Waals surface area contributed by atoms with Gasteiger partial charge in [-0.2, -0.15) is 0 Å². The Balaban J connectivity index is 1.56. The molecule has 0 saturated heterocycles. The molecule has 1 heterocycles. The second-order valence-electron chi connectivity index (χ2n) is 5.63. The fourth-order valence-corrected chi connectivity index (χ4v) is 3.00. The first-order valence-electron chi connectivity index (χ1n) is 8.20. The maximum Gasteiger partial charge on any atom is 0.286 e. The molecule has 0 aliphatic carbocycles. The van der Waals surface area contributed by atoms with Crippen molar-refractivity contribution in [2.45, 2.75) is 13.2 Å². The summed E-state index contributed by atoms with van der Waals surface area (Å²) in [6.07, 6.45) is 0. The molecule has 0 aliphatic rings. The Morgan fingerprint density at radius 2 is 1.74 bits per heavy atom. The highest BCUT2D eigenvalue weighted by Crippen LogP contribution is 2.15. The van der Waals surface area contributed by atoms with Crippen LogP contribution in [0.4, 0.5) is 5.69 Å². The molecule has 0 saturated carbocycles. The van der Waals surface area contributed by atoms with Gasteiger partial charge in [0.2, 0.25) is 5.01 Å². The number of rotatable bonds is 7. The molecule has 0 radical (unpaired) electrons. The van der Waals surface area contributed by atoms with Gasteiger partial charge >= 0.3 is 0 Å². The first kappa shape index (κ1) is 18.7. The molecular formula is C19H18N4O3S. The van der Waals surface area contributed by atoms with Crippen molar-refractivity contribution in [3.8, 4) is 0 Å². The van der Waals surface area contributed by atoms with Crippen LogP contribution in [-0.4, -0.2) is 29.1 Å². The molecule has 3 rings (SSSR count). The number of benzene rings is 2. The van der Waals surface area contributed by atoms with Gasteiger partial charge in [0.05, 0.1) is 6.61 Å². The van der Waals surface area contributed by atoms with E-state index in [0.29, 0.717) is 29.4 Å². The van der Waals surface area contributed by atoms with Crippen LogP contribution in [0.3, 0.4) is 0 Å². The minimum Gasteiger partial charge on any atom is -0.377 e. The van der Waals surface area contributed by atoms with Crippen molar-refractivity contribution in [1.82, 2.24) is 15.5 Å². The largest absolute Gasteiger partial charge is 0.377 e. The van der Waals surface area contributed by atoms with Crippen molar-refractivity contribution in [2.75, 3.05) is 12.4 Å². The van der Waals surface area contributed by atoms with Crippen molar-refractivity contribution in [1.29, 1.82) is 0 Å². The minimum absolute atomic E-state index is 0.176. The van der Waals surface area contributed by atoms with Gasteiger partial charge in [-0.05, 0) is 29.8 Å². The predicted molar refractivity (Wildman–Crippen MR) is 103 cm³/mol. The van der Waals surface area contributed by atoms with Crippen LogP contribution >= 0.6 is 11.3 Å². The molecule has 0 spiro atoms. The van der Waals surface area contributed by atoms with E-state index in [4.69, 9.17) is 4.74 Å². The summed E-state index contributed by atoms with van der Waals surface area (Å²) in [6, 6.07) is 16.3. The quantitative estimate of drug-likeness (QED) is 0.655. The zero-order chi connectivity index (χ0) is 19.1. The van der Waals surface area contributed by atoms with Gasteiger partial charge in [-0.15, -0.1) is 10.2 Å². The van der Waals surface area contributed by atoms with Gasteiger partial charge in [0.15, 0.2) is 0 Å². The van der Waals surface area contributed by atoms with Gasteiger partial charge in [0.1, 0.15) is 5.01 Å². The highest BCUT2D eigenvalue weighted by atomic mass is 32.1. The first-order chi connectivity index (χ1) is 13.2. The molecule has 27 heavy (non-hydrogen) atoms. The molecule has 2 N–H and O–H groups in total.